The zero-order valence-corrected chi connectivity index (χ0v) is 23.0. The molecular formula is C29H39FN6O3. The lowest BCUT2D eigenvalue weighted by Gasteiger charge is -2.36. The summed E-state index contributed by atoms with van der Waals surface area (Å²) < 4.78 is 26.5. The van der Waals surface area contributed by atoms with E-state index >= 15 is 0 Å². The van der Waals surface area contributed by atoms with Gasteiger partial charge in [0, 0.05) is 55.8 Å². The number of hydrogen-bond acceptors (Lipinski definition) is 9. The summed E-state index contributed by atoms with van der Waals surface area (Å²) in [6.45, 7) is 5.05. The molecule has 0 unspecified atom stereocenters. The number of likely N-dealkylation sites (tertiary alicyclic amines) is 1. The van der Waals surface area contributed by atoms with Crippen LogP contribution in [0, 0.1) is 0 Å². The molecule has 2 saturated heterocycles. The summed E-state index contributed by atoms with van der Waals surface area (Å²) in [5, 5.41) is 8.17. The first-order chi connectivity index (χ1) is 18.9. The molecule has 0 amide bonds. The first-order valence-electron chi connectivity index (χ1n) is 14.8. The van der Waals surface area contributed by atoms with Gasteiger partial charge in [0.25, 0.3) is 0 Å². The fourth-order valence-electron chi connectivity index (χ4n) is 7.53. The summed E-state index contributed by atoms with van der Waals surface area (Å²) in [6.07, 6.45) is 7.69. The molecule has 39 heavy (non-hydrogen) atoms. The van der Waals surface area contributed by atoms with Crippen molar-refractivity contribution >= 4 is 11.6 Å². The molecule has 1 N–H and O–H groups in total. The number of ether oxygens (including phenoxy) is 1. The predicted octanol–water partition coefficient (Wildman–Crippen LogP) is 3.60. The van der Waals surface area contributed by atoms with E-state index in [0.717, 1.165) is 75.3 Å². The predicted molar refractivity (Wildman–Crippen MR) is 144 cm³/mol. The van der Waals surface area contributed by atoms with E-state index in [4.69, 9.17) is 19.2 Å². The summed E-state index contributed by atoms with van der Waals surface area (Å²) in [4.78, 5) is 27.4. The van der Waals surface area contributed by atoms with E-state index in [9.17, 15) is 9.18 Å². The zero-order chi connectivity index (χ0) is 26.8. The van der Waals surface area contributed by atoms with Crippen molar-refractivity contribution in [2.24, 2.45) is 0 Å². The Morgan fingerprint density at radius 3 is 2.79 bits per heavy atom. The molecule has 7 rings (SSSR count). The van der Waals surface area contributed by atoms with Gasteiger partial charge in [-0.1, -0.05) is 11.6 Å². The maximum Gasteiger partial charge on any atom is 0.219 e. The molecule has 210 valence electrons. The average molecular weight is 539 g/mol. The normalized spacial score (nSPS) is 31.1. The number of aromatic nitrogens is 3. The van der Waals surface area contributed by atoms with Crippen LogP contribution >= 0.6 is 0 Å². The van der Waals surface area contributed by atoms with Crippen LogP contribution in [0.2, 0.25) is 0 Å². The number of halogens is 1. The monoisotopic (exact) mass is 538 g/mol. The Hall–Kier alpha value is -2.59. The molecule has 5 aliphatic rings. The van der Waals surface area contributed by atoms with E-state index in [1.807, 2.05) is 24.9 Å². The van der Waals surface area contributed by atoms with Gasteiger partial charge in [0.15, 0.2) is 17.3 Å². The van der Waals surface area contributed by atoms with E-state index in [0.29, 0.717) is 36.8 Å². The van der Waals surface area contributed by atoms with Crippen molar-refractivity contribution in [1.29, 1.82) is 0 Å². The quantitative estimate of drug-likeness (QED) is 0.613. The zero-order valence-electron chi connectivity index (χ0n) is 23.0. The smallest absolute Gasteiger partial charge is 0.219 e. The Labute approximate surface area is 228 Å². The lowest BCUT2D eigenvalue weighted by atomic mass is 9.64. The Morgan fingerprint density at radius 1 is 1.18 bits per heavy atom. The third kappa shape index (κ3) is 4.43. The molecule has 10 heteroatoms. The summed E-state index contributed by atoms with van der Waals surface area (Å²) in [6, 6.07) is 1.90. The van der Waals surface area contributed by atoms with Gasteiger partial charge in [0.1, 0.15) is 23.9 Å². The van der Waals surface area contributed by atoms with E-state index in [2.05, 4.69) is 15.4 Å². The van der Waals surface area contributed by atoms with Crippen molar-refractivity contribution in [1.82, 2.24) is 25.3 Å². The van der Waals surface area contributed by atoms with Crippen LogP contribution in [0.25, 0.3) is 11.5 Å². The Morgan fingerprint density at radius 2 is 2.03 bits per heavy atom. The first-order valence-corrected chi connectivity index (χ1v) is 14.8. The minimum Gasteiger partial charge on any atom is -0.473 e. The standard InChI is InChI=1S/C29H39FN6O3/c1-18(21-14-19(30)16-35(21)2)38-24-15-23(36-13-12-31-28(17-36)10-11-28)32-27(33-24)25-20-6-5-9-29(26(20)39-34-25)8-4-3-7-22(29)37/h15,18-19,21,31H,3-14,16-17H2,1-2H3/t18-,19+,21-,29+/m0/s1. The van der Waals surface area contributed by atoms with Crippen molar-refractivity contribution in [3.05, 3.63) is 17.4 Å². The molecule has 2 aromatic heterocycles. The van der Waals surface area contributed by atoms with Gasteiger partial charge < -0.3 is 19.5 Å². The molecule has 0 bridgehead atoms. The van der Waals surface area contributed by atoms with Gasteiger partial charge in [0.2, 0.25) is 5.88 Å². The van der Waals surface area contributed by atoms with Crippen molar-refractivity contribution in [2.75, 3.05) is 38.1 Å². The largest absolute Gasteiger partial charge is 0.473 e. The molecule has 2 aromatic rings. The van der Waals surface area contributed by atoms with Gasteiger partial charge in [-0.25, -0.2) is 9.37 Å². The van der Waals surface area contributed by atoms with E-state index in [1.165, 1.54) is 12.8 Å². The van der Waals surface area contributed by atoms with Crippen molar-refractivity contribution in [3.63, 3.8) is 0 Å². The number of fused-ring (bicyclic) bond motifs is 2. The fraction of sp³-hybridized carbons (Fsp3) is 0.724. The second kappa shape index (κ2) is 9.51. The highest BCUT2D eigenvalue weighted by molar-refractivity contribution is 5.91. The number of nitrogens with one attached hydrogen (secondary N) is 1. The maximum atomic E-state index is 14.1. The molecule has 3 aliphatic carbocycles. The second-order valence-corrected chi connectivity index (χ2v) is 12.6. The van der Waals surface area contributed by atoms with Crippen LogP contribution in [0.15, 0.2) is 10.6 Å². The first kappa shape index (κ1) is 25.4. The van der Waals surface area contributed by atoms with Crippen molar-refractivity contribution < 1.29 is 18.4 Å². The summed E-state index contributed by atoms with van der Waals surface area (Å²) in [5.74, 6) is 2.78. The van der Waals surface area contributed by atoms with Gasteiger partial charge in [0.05, 0.1) is 5.41 Å². The molecule has 4 fully saturated rings. The van der Waals surface area contributed by atoms with Gasteiger partial charge in [-0.05, 0) is 65.3 Å². The topological polar surface area (TPSA) is 96.6 Å². The Bertz CT molecular complexity index is 1260. The van der Waals surface area contributed by atoms with Crippen LogP contribution in [-0.2, 0) is 16.6 Å². The minimum absolute atomic E-state index is 0.0206. The highest BCUT2D eigenvalue weighted by atomic mass is 19.1. The lowest BCUT2D eigenvalue weighted by molar-refractivity contribution is -0.128. The number of Topliss-reactive ketones (excluding diaryl/α,β-unsaturated/α-hetero) is 1. The van der Waals surface area contributed by atoms with Crippen LogP contribution in [0.5, 0.6) is 5.88 Å². The van der Waals surface area contributed by atoms with E-state index in [-0.39, 0.29) is 23.5 Å². The molecule has 0 radical (unpaired) electrons. The van der Waals surface area contributed by atoms with Crippen LogP contribution in [-0.4, -0.2) is 82.9 Å². The third-order valence-corrected chi connectivity index (χ3v) is 9.90. The summed E-state index contributed by atoms with van der Waals surface area (Å²) in [5.41, 5.74) is 1.23. The van der Waals surface area contributed by atoms with Gasteiger partial charge in [-0.15, -0.1) is 0 Å². The van der Waals surface area contributed by atoms with Crippen LogP contribution in [0.3, 0.4) is 0 Å². The second-order valence-electron chi connectivity index (χ2n) is 12.6. The van der Waals surface area contributed by atoms with Crippen LogP contribution in [0.1, 0.15) is 76.0 Å². The molecular weight excluding hydrogens is 499 g/mol. The maximum absolute atomic E-state index is 14.1. The number of likely N-dealkylation sites (N-methyl/N-ethyl adjacent to an activating group) is 1. The van der Waals surface area contributed by atoms with Gasteiger partial charge in [-0.3, -0.25) is 9.69 Å². The highest BCUT2D eigenvalue weighted by Crippen LogP contribution is 2.48. The van der Waals surface area contributed by atoms with Crippen molar-refractivity contribution in [2.45, 2.75) is 100 Å². The number of anilines is 1. The van der Waals surface area contributed by atoms with Gasteiger partial charge >= 0.3 is 0 Å². The van der Waals surface area contributed by atoms with Crippen molar-refractivity contribution in [3.8, 4) is 17.4 Å². The van der Waals surface area contributed by atoms with E-state index < -0.39 is 11.6 Å². The number of ketones is 1. The summed E-state index contributed by atoms with van der Waals surface area (Å²) >= 11 is 0. The molecule has 2 aliphatic heterocycles. The Balaban J connectivity index is 1.26. The third-order valence-electron chi connectivity index (χ3n) is 9.90. The molecule has 4 heterocycles. The minimum atomic E-state index is -0.838. The molecule has 9 nitrogen and oxygen atoms in total. The fourth-order valence-corrected chi connectivity index (χ4v) is 7.53. The SMILES string of the molecule is C[C@H](Oc1cc(N2CCNC3(CC3)C2)nc(-c2noc3c2CCC[C@@]32CCCCC2=O)n1)[C@@H]1C[C@@H](F)CN1C. The molecule has 0 aromatic carbocycles. The number of carbonyl (C=O) groups excluding carboxylic acids is 1. The highest BCUT2D eigenvalue weighted by Gasteiger charge is 2.49. The van der Waals surface area contributed by atoms with Gasteiger partial charge in [-0.2, -0.15) is 4.98 Å². The number of rotatable bonds is 5. The number of carbonyl (C=O) groups is 1. The lowest BCUT2D eigenvalue weighted by Crippen LogP contribution is -2.52. The number of alkyl halides is 1. The van der Waals surface area contributed by atoms with Crippen LogP contribution < -0.4 is 15.0 Å². The molecule has 4 atom stereocenters. The van der Waals surface area contributed by atoms with Crippen LogP contribution in [0.4, 0.5) is 10.2 Å². The number of hydrogen-bond donors (Lipinski definition) is 1. The number of nitrogens with zero attached hydrogens (tertiary/aromatic N) is 5. The average Bonchev–Trinajstić information content (AvgIpc) is 3.35. The van der Waals surface area contributed by atoms with E-state index in [1.54, 1.807) is 0 Å². The Kier molecular flexibility index (Phi) is 6.19. The molecule has 2 spiro atoms. The number of piperazine rings is 1. The summed E-state index contributed by atoms with van der Waals surface area (Å²) in [7, 11) is 1.95. The molecule has 2 saturated carbocycles.